The molecule has 0 radical (unpaired) electrons. The molecule has 0 aliphatic rings. The molecule has 60 valence electrons. The molecule has 0 saturated carbocycles. The van der Waals surface area contributed by atoms with Crippen molar-refractivity contribution in [3.8, 4) is 6.07 Å². The first-order valence-electron chi connectivity index (χ1n) is 3.09. The summed E-state index contributed by atoms with van der Waals surface area (Å²) in [5.74, 6) is 0. The minimum atomic E-state index is -0.491. The van der Waals surface area contributed by atoms with Crippen LogP contribution in [0.2, 0.25) is 0 Å². The SMILES string of the molecule is N#Cc1ccc(/C=N\O)[nH]c1=O. The highest BCUT2D eigenvalue weighted by Gasteiger charge is 1.96. The summed E-state index contributed by atoms with van der Waals surface area (Å²) in [4.78, 5) is 13.3. The van der Waals surface area contributed by atoms with E-state index in [0.717, 1.165) is 6.21 Å². The Labute approximate surface area is 67.6 Å². The predicted octanol–water partition coefficient (Wildman–Crippen LogP) is 0.0547. The van der Waals surface area contributed by atoms with Gasteiger partial charge in [-0.15, -0.1) is 0 Å². The van der Waals surface area contributed by atoms with E-state index in [4.69, 9.17) is 10.5 Å². The molecule has 0 fully saturated rings. The summed E-state index contributed by atoms with van der Waals surface area (Å²) in [6, 6.07) is 4.54. The Morgan fingerprint density at radius 2 is 2.42 bits per heavy atom. The Morgan fingerprint density at radius 3 is 2.92 bits per heavy atom. The Bertz CT molecular complexity index is 400. The molecule has 0 spiro atoms. The van der Waals surface area contributed by atoms with Gasteiger partial charge in [-0.05, 0) is 12.1 Å². The predicted molar refractivity (Wildman–Crippen MR) is 41.2 cm³/mol. The van der Waals surface area contributed by atoms with Crippen LogP contribution in [0.25, 0.3) is 0 Å². The summed E-state index contributed by atoms with van der Waals surface area (Å²) in [5.41, 5.74) is -0.110. The molecule has 5 nitrogen and oxygen atoms in total. The van der Waals surface area contributed by atoms with Gasteiger partial charge in [0.15, 0.2) is 0 Å². The number of nitrogens with zero attached hydrogens (tertiary/aromatic N) is 2. The molecule has 0 aliphatic carbocycles. The number of nitrogens with one attached hydrogen (secondary N) is 1. The van der Waals surface area contributed by atoms with Gasteiger partial charge < -0.3 is 10.2 Å². The van der Waals surface area contributed by atoms with Crippen LogP contribution in [0, 0.1) is 11.3 Å². The zero-order valence-corrected chi connectivity index (χ0v) is 5.98. The molecule has 0 atom stereocenters. The van der Waals surface area contributed by atoms with Crippen LogP contribution in [-0.4, -0.2) is 16.4 Å². The van der Waals surface area contributed by atoms with Gasteiger partial charge in [-0.25, -0.2) is 0 Å². The lowest BCUT2D eigenvalue weighted by molar-refractivity contribution is 0.321. The van der Waals surface area contributed by atoms with Gasteiger partial charge in [0.1, 0.15) is 11.6 Å². The highest BCUT2D eigenvalue weighted by Crippen LogP contribution is 1.89. The average molecular weight is 163 g/mol. The second-order valence-electron chi connectivity index (χ2n) is 2.01. The van der Waals surface area contributed by atoms with Crippen molar-refractivity contribution in [1.82, 2.24) is 4.98 Å². The van der Waals surface area contributed by atoms with E-state index in [9.17, 15) is 4.79 Å². The van der Waals surface area contributed by atoms with Gasteiger partial charge >= 0.3 is 0 Å². The molecule has 1 rings (SSSR count). The number of nitriles is 1. The van der Waals surface area contributed by atoms with Gasteiger partial charge in [-0.3, -0.25) is 4.79 Å². The zero-order chi connectivity index (χ0) is 8.97. The number of oxime groups is 1. The fourth-order valence-electron chi connectivity index (χ4n) is 0.714. The number of aromatic nitrogens is 1. The summed E-state index contributed by atoms with van der Waals surface area (Å²) in [5, 5.41) is 19.2. The van der Waals surface area contributed by atoms with E-state index >= 15 is 0 Å². The van der Waals surface area contributed by atoms with Crippen molar-refractivity contribution < 1.29 is 5.21 Å². The van der Waals surface area contributed by atoms with Gasteiger partial charge in [0.2, 0.25) is 0 Å². The lowest BCUT2D eigenvalue weighted by atomic mass is 10.3. The standard InChI is InChI=1S/C7H5N3O2/c8-3-5-1-2-6(4-9-12)10-7(5)11/h1-2,4,12H,(H,10,11)/b9-4-. The molecular formula is C7H5N3O2. The molecular weight excluding hydrogens is 158 g/mol. The smallest absolute Gasteiger partial charge is 0.266 e. The summed E-state index contributed by atoms with van der Waals surface area (Å²) < 4.78 is 0. The molecule has 0 amide bonds. The van der Waals surface area contributed by atoms with Crippen LogP contribution in [0.4, 0.5) is 0 Å². The summed E-state index contributed by atoms with van der Waals surface area (Å²) in [6.45, 7) is 0. The highest BCUT2D eigenvalue weighted by atomic mass is 16.4. The average Bonchev–Trinajstić information content (AvgIpc) is 2.05. The molecule has 1 aromatic rings. The van der Waals surface area contributed by atoms with Crippen LogP contribution in [0.3, 0.4) is 0 Å². The van der Waals surface area contributed by atoms with Crippen molar-refractivity contribution in [1.29, 1.82) is 5.26 Å². The first kappa shape index (κ1) is 8.01. The molecule has 2 N–H and O–H groups in total. The van der Waals surface area contributed by atoms with Crippen molar-refractivity contribution in [2.24, 2.45) is 5.16 Å². The summed E-state index contributed by atoms with van der Waals surface area (Å²) in [6.07, 6.45) is 1.07. The number of aromatic amines is 1. The third-order valence-electron chi connectivity index (χ3n) is 1.25. The number of hydrogen-bond acceptors (Lipinski definition) is 4. The Kier molecular flexibility index (Phi) is 2.23. The van der Waals surface area contributed by atoms with E-state index < -0.39 is 5.56 Å². The van der Waals surface area contributed by atoms with Crippen molar-refractivity contribution in [3.63, 3.8) is 0 Å². The summed E-state index contributed by atoms with van der Waals surface area (Å²) in [7, 11) is 0. The quantitative estimate of drug-likeness (QED) is 0.348. The van der Waals surface area contributed by atoms with Gasteiger partial charge in [-0.2, -0.15) is 5.26 Å². The van der Waals surface area contributed by atoms with Gasteiger partial charge in [0.25, 0.3) is 5.56 Å². The molecule has 1 heterocycles. The molecule has 0 saturated heterocycles. The number of rotatable bonds is 1. The Morgan fingerprint density at radius 1 is 1.67 bits per heavy atom. The molecule has 12 heavy (non-hydrogen) atoms. The first-order chi connectivity index (χ1) is 5.77. The van der Waals surface area contributed by atoms with E-state index in [1.807, 2.05) is 0 Å². The fourth-order valence-corrected chi connectivity index (χ4v) is 0.714. The monoisotopic (exact) mass is 163 g/mol. The third-order valence-corrected chi connectivity index (χ3v) is 1.25. The largest absolute Gasteiger partial charge is 0.411 e. The van der Waals surface area contributed by atoms with E-state index in [1.165, 1.54) is 12.1 Å². The molecule has 0 aromatic carbocycles. The van der Waals surface area contributed by atoms with Crippen LogP contribution in [0.5, 0.6) is 0 Å². The Hall–Kier alpha value is -2.09. The van der Waals surface area contributed by atoms with E-state index in [2.05, 4.69) is 10.1 Å². The zero-order valence-electron chi connectivity index (χ0n) is 5.98. The molecule has 1 aromatic heterocycles. The van der Waals surface area contributed by atoms with Crippen LogP contribution >= 0.6 is 0 Å². The fraction of sp³-hybridized carbons (Fsp3) is 0. The maximum atomic E-state index is 10.9. The number of hydrogen-bond donors (Lipinski definition) is 2. The summed E-state index contributed by atoms with van der Waals surface area (Å²) >= 11 is 0. The van der Waals surface area contributed by atoms with Crippen LogP contribution < -0.4 is 5.56 Å². The highest BCUT2D eigenvalue weighted by molar-refractivity contribution is 5.76. The number of pyridine rings is 1. The van der Waals surface area contributed by atoms with Crippen molar-refractivity contribution >= 4 is 6.21 Å². The van der Waals surface area contributed by atoms with E-state index in [-0.39, 0.29) is 5.56 Å². The van der Waals surface area contributed by atoms with Crippen molar-refractivity contribution in [3.05, 3.63) is 33.7 Å². The molecule has 5 heteroatoms. The lowest BCUT2D eigenvalue weighted by Gasteiger charge is -1.90. The lowest BCUT2D eigenvalue weighted by Crippen LogP contribution is -2.11. The molecule has 0 bridgehead atoms. The molecule has 0 aliphatic heterocycles. The first-order valence-corrected chi connectivity index (χ1v) is 3.09. The second kappa shape index (κ2) is 3.34. The van der Waals surface area contributed by atoms with Gasteiger partial charge in [0, 0.05) is 0 Å². The van der Waals surface area contributed by atoms with Crippen LogP contribution in [-0.2, 0) is 0 Å². The van der Waals surface area contributed by atoms with Gasteiger partial charge in [0.05, 0.1) is 11.9 Å². The maximum Gasteiger partial charge on any atom is 0.266 e. The maximum absolute atomic E-state index is 10.9. The van der Waals surface area contributed by atoms with Crippen LogP contribution in [0.15, 0.2) is 22.1 Å². The normalized spacial score (nSPS) is 9.92. The topological polar surface area (TPSA) is 89.2 Å². The number of H-pyrrole nitrogens is 1. The van der Waals surface area contributed by atoms with Crippen LogP contribution in [0.1, 0.15) is 11.3 Å². The van der Waals surface area contributed by atoms with Crippen molar-refractivity contribution in [2.45, 2.75) is 0 Å². The minimum Gasteiger partial charge on any atom is -0.411 e. The van der Waals surface area contributed by atoms with Gasteiger partial charge in [-0.1, -0.05) is 5.16 Å². The molecule has 0 unspecified atom stereocenters. The van der Waals surface area contributed by atoms with E-state index in [0.29, 0.717) is 5.69 Å². The second-order valence-corrected chi connectivity index (χ2v) is 2.01. The minimum absolute atomic E-state index is 0.0325. The Balaban J connectivity index is 3.22. The van der Waals surface area contributed by atoms with Crippen molar-refractivity contribution in [2.75, 3.05) is 0 Å². The third kappa shape index (κ3) is 1.49. The van der Waals surface area contributed by atoms with E-state index in [1.54, 1.807) is 6.07 Å².